The van der Waals surface area contributed by atoms with Crippen LogP contribution in [0.3, 0.4) is 0 Å². The molecule has 0 saturated heterocycles. The van der Waals surface area contributed by atoms with Gasteiger partial charge in [-0.3, -0.25) is 4.68 Å². The number of ether oxygens (including phenoxy) is 1. The van der Waals surface area contributed by atoms with E-state index < -0.39 is 0 Å². The van der Waals surface area contributed by atoms with E-state index in [4.69, 9.17) is 4.74 Å². The minimum Gasteiger partial charge on any atom is -0.377 e. The molecule has 1 unspecified atom stereocenters. The Kier molecular flexibility index (Phi) is 4.63. The van der Waals surface area contributed by atoms with Gasteiger partial charge in [-0.25, -0.2) is 0 Å². The zero-order chi connectivity index (χ0) is 13.9. The van der Waals surface area contributed by atoms with Crippen LogP contribution in [0.1, 0.15) is 38.2 Å². The third-order valence-corrected chi connectivity index (χ3v) is 4.71. The van der Waals surface area contributed by atoms with E-state index in [-0.39, 0.29) is 5.60 Å². The van der Waals surface area contributed by atoms with Crippen molar-refractivity contribution in [3.63, 3.8) is 0 Å². The second-order valence-corrected chi connectivity index (χ2v) is 6.02. The number of nitrogens with zero attached hydrogens (tertiary/aromatic N) is 2. The highest BCUT2D eigenvalue weighted by molar-refractivity contribution is 5.10. The Bertz CT molecular complexity index is 394. The summed E-state index contributed by atoms with van der Waals surface area (Å²) in [5.74, 6) is 0.833. The first-order chi connectivity index (χ1) is 9.09. The Morgan fingerprint density at radius 1 is 1.53 bits per heavy atom. The average molecular weight is 265 g/mol. The molecule has 4 nitrogen and oxygen atoms in total. The van der Waals surface area contributed by atoms with Crippen LogP contribution < -0.4 is 5.32 Å². The Balaban J connectivity index is 2.10. The fourth-order valence-electron chi connectivity index (χ4n) is 3.31. The topological polar surface area (TPSA) is 39.1 Å². The van der Waals surface area contributed by atoms with Crippen molar-refractivity contribution in [3.05, 3.63) is 18.0 Å². The summed E-state index contributed by atoms with van der Waals surface area (Å²) in [6, 6.07) is 0.356. The lowest BCUT2D eigenvalue weighted by atomic mass is 9.74. The molecule has 0 bridgehead atoms. The normalized spacial score (nSPS) is 29.4. The van der Waals surface area contributed by atoms with Crippen LogP contribution in [-0.4, -0.2) is 35.6 Å². The minimum atomic E-state index is -0.0168. The Morgan fingerprint density at radius 3 is 2.68 bits per heavy atom. The van der Waals surface area contributed by atoms with Gasteiger partial charge in [0.25, 0.3) is 0 Å². The summed E-state index contributed by atoms with van der Waals surface area (Å²) >= 11 is 0. The number of hydrogen-bond acceptors (Lipinski definition) is 3. The van der Waals surface area contributed by atoms with Crippen molar-refractivity contribution in [2.45, 2.75) is 50.7 Å². The van der Waals surface area contributed by atoms with E-state index in [9.17, 15) is 0 Å². The monoisotopic (exact) mass is 265 g/mol. The van der Waals surface area contributed by atoms with Gasteiger partial charge in [0.05, 0.1) is 11.8 Å². The minimum absolute atomic E-state index is 0.0168. The zero-order valence-electron chi connectivity index (χ0n) is 12.6. The fraction of sp³-hybridized carbons (Fsp3) is 0.800. The first kappa shape index (κ1) is 14.5. The van der Waals surface area contributed by atoms with Crippen LogP contribution in [-0.2, 0) is 18.2 Å². The molecule has 1 aromatic heterocycles. The van der Waals surface area contributed by atoms with Gasteiger partial charge in [-0.05, 0) is 50.6 Å². The maximum Gasteiger partial charge on any atom is 0.0834 e. The van der Waals surface area contributed by atoms with E-state index in [0.717, 1.165) is 25.2 Å². The summed E-state index contributed by atoms with van der Waals surface area (Å²) in [5, 5.41) is 7.73. The van der Waals surface area contributed by atoms with E-state index in [1.165, 1.54) is 18.4 Å². The molecule has 1 saturated carbocycles. The standard InChI is InChI=1S/C15H27N3O/c1-12-5-7-15(19-4,8-6-12)14(16-2)9-13-10-17-18(3)11-13/h10-12,14,16H,5-9H2,1-4H3. The summed E-state index contributed by atoms with van der Waals surface area (Å²) in [6.07, 6.45) is 9.86. The molecule has 1 heterocycles. The maximum atomic E-state index is 5.97. The fourth-order valence-corrected chi connectivity index (χ4v) is 3.31. The zero-order valence-corrected chi connectivity index (χ0v) is 12.6. The van der Waals surface area contributed by atoms with Crippen LogP contribution in [0.2, 0.25) is 0 Å². The van der Waals surface area contributed by atoms with Crippen molar-refractivity contribution in [2.24, 2.45) is 13.0 Å². The van der Waals surface area contributed by atoms with Crippen molar-refractivity contribution in [2.75, 3.05) is 14.2 Å². The van der Waals surface area contributed by atoms with Crippen molar-refractivity contribution in [1.82, 2.24) is 15.1 Å². The predicted octanol–water partition coefficient (Wildman–Crippen LogP) is 2.15. The van der Waals surface area contributed by atoms with Gasteiger partial charge in [0.1, 0.15) is 0 Å². The summed E-state index contributed by atoms with van der Waals surface area (Å²) in [4.78, 5) is 0. The molecular weight excluding hydrogens is 238 g/mol. The highest BCUT2D eigenvalue weighted by atomic mass is 16.5. The predicted molar refractivity (Wildman–Crippen MR) is 77.1 cm³/mol. The molecule has 1 N–H and O–H groups in total. The Morgan fingerprint density at radius 2 is 2.21 bits per heavy atom. The van der Waals surface area contributed by atoms with Crippen molar-refractivity contribution < 1.29 is 4.74 Å². The second-order valence-electron chi connectivity index (χ2n) is 6.02. The molecule has 108 valence electrons. The number of aromatic nitrogens is 2. The molecule has 19 heavy (non-hydrogen) atoms. The van der Waals surface area contributed by atoms with Gasteiger partial charge in [-0.1, -0.05) is 6.92 Å². The largest absolute Gasteiger partial charge is 0.377 e. The van der Waals surface area contributed by atoms with E-state index in [1.807, 2.05) is 32.1 Å². The highest BCUT2D eigenvalue weighted by Crippen LogP contribution is 2.37. The van der Waals surface area contributed by atoms with Crippen LogP contribution in [0.15, 0.2) is 12.4 Å². The summed E-state index contributed by atoms with van der Waals surface area (Å²) in [5.41, 5.74) is 1.26. The van der Waals surface area contributed by atoms with Crippen molar-refractivity contribution in [1.29, 1.82) is 0 Å². The number of nitrogens with one attached hydrogen (secondary N) is 1. The first-order valence-corrected chi connectivity index (χ1v) is 7.29. The third-order valence-electron chi connectivity index (χ3n) is 4.71. The Labute approximate surface area is 116 Å². The lowest BCUT2D eigenvalue weighted by Crippen LogP contribution is -2.53. The molecule has 1 aliphatic carbocycles. The molecule has 0 aromatic carbocycles. The molecule has 0 aliphatic heterocycles. The van der Waals surface area contributed by atoms with E-state index in [2.05, 4.69) is 23.5 Å². The average Bonchev–Trinajstić information content (AvgIpc) is 2.83. The number of likely N-dealkylation sites (N-methyl/N-ethyl adjacent to an activating group) is 1. The summed E-state index contributed by atoms with van der Waals surface area (Å²) in [6.45, 7) is 2.34. The van der Waals surface area contributed by atoms with E-state index in [0.29, 0.717) is 6.04 Å². The van der Waals surface area contributed by atoms with Gasteiger partial charge < -0.3 is 10.1 Å². The molecular formula is C15H27N3O. The van der Waals surface area contributed by atoms with Gasteiger partial charge in [0.15, 0.2) is 0 Å². The molecule has 1 fully saturated rings. The smallest absolute Gasteiger partial charge is 0.0834 e. The SMILES string of the molecule is CNC(Cc1cnn(C)c1)C1(OC)CCC(C)CC1. The molecule has 1 atom stereocenters. The van der Waals surface area contributed by atoms with E-state index in [1.54, 1.807) is 0 Å². The number of methoxy groups -OCH3 is 1. The van der Waals surface area contributed by atoms with Crippen molar-refractivity contribution in [3.8, 4) is 0 Å². The van der Waals surface area contributed by atoms with Crippen LogP contribution in [0, 0.1) is 5.92 Å². The van der Waals surface area contributed by atoms with Crippen LogP contribution in [0.5, 0.6) is 0 Å². The molecule has 1 aromatic rings. The molecule has 0 amide bonds. The van der Waals surface area contributed by atoms with Gasteiger partial charge in [-0.15, -0.1) is 0 Å². The molecule has 0 radical (unpaired) electrons. The lowest BCUT2D eigenvalue weighted by Gasteiger charge is -2.44. The lowest BCUT2D eigenvalue weighted by molar-refractivity contribution is -0.0730. The molecule has 0 spiro atoms. The van der Waals surface area contributed by atoms with Gasteiger partial charge in [0.2, 0.25) is 0 Å². The van der Waals surface area contributed by atoms with Gasteiger partial charge in [-0.2, -0.15) is 5.10 Å². The maximum absolute atomic E-state index is 5.97. The number of aryl methyl sites for hydroxylation is 1. The third kappa shape index (κ3) is 3.18. The van der Waals surface area contributed by atoms with Crippen LogP contribution in [0.4, 0.5) is 0 Å². The van der Waals surface area contributed by atoms with E-state index >= 15 is 0 Å². The second kappa shape index (κ2) is 6.06. The van der Waals surface area contributed by atoms with Crippen LogP contribution >= 0.6 is 0 Å². The van der Waals surface area contributed by atoms with Crippen LogP contribution in [0.25, 0.3) is 0 Å². The van der Waals surface area contributed by atoms with Gasteiger partial charge >= 0.3 is 0 Å². The summed E-state index contributed by atoms with van der Waals surface area (Å²) in [7, 11) is 5.87. The summed E-state index contributed by atoms with van der Waals surface area (Å²) < 4.78 is 7.83. The van der Waals surface area contributed by atoms with Crippen molar-refractivity contribution >= 4 is 0 Å². The Hall–Kier alpha value is -0.870. The molecule has 1 aliphatic rings. The first-order valence-electron chi connectivity index (χ1n) is 7.29. The molecule has 2 rings (SSSR count). The quantitative estimate of drug-likeness (QED) is 0.886. The highest BCUT2D eigenvalue weighted by Gasteiger charge is 2.40. The number of hydrogen-bond donors (Lipinski definition) is 1. The molecule has 4 heteroatoms. The van der Waals surface area contributed by atoms with Gasteiger partial charge in [0, 0.05) is 26.4 Å². The number of rotatable bonds is 5.